The number of fused-ring (bicyclic) bond motifs is 1. The second kappa shape index (κ2) is 6.72. The first-order chi connectivity index (χ1) is 11.9. The highest BCUT2D eigenvalue weighted by Crippen LogP contribution is 2.37. The number of rotatable bonds is 4. The van der Waals surface area contributed by atoms with Crippen LogP contribution >= 0.6 is 0 Å². The molecule has 0 fully saturated rings. The molecule has 0 unspecified atom stereocenters. The van der Waals surface area contributed by atoms with Gasteiger partial charge in [0, 0.05) is 24.4 Å². The molecule has 0 spiro atoms. The van der Waals surface area contributed by atoms with Crippen LogP contribution in [0.25, 0.3) is 11.1 Å². The summed E-state index contributed by atoms with van der Waals surface area (Å²) in [7, 11) is 1.58. The van der Waals surface area contributed by atoms with Gasteiger partial charge in [0.05, 0.1) is 0 Å². The topological polar surface area (TPSA) is 69.7 Å². The van der Waals surface area contributed by atoms with E-state index in [1.54, 1.807) is 13.3 Å². The Morgan fingerprint density at radius 2 is 2.08 bits per heavy atom. The molecule has 2 aromatic rings. The number of amides is 1. The molecule has 6 nitrogen and oxygen atoms in total. The third-order valence-electron chi connectivity index (χ3n) is 3.96. The van der Waals surface area contributed by atoms with E-state index in [4.69, 9.17) is 14.2 Å². The summed E-state index contributed by atoms with van der Waals surface area (Å²) in [6, 6.07) is 7.95. The van der Waals surface area contributed by atoms with Crippen molar-refractivity contribution in [1.29, 1.82) is 0 Å². The molecular weight excluding hydrogens is 320 g/mol. The predicted molar refractivity (Wildman–Crippen MR) is 95.0 cm³/mol. The summed E-state index contributed by atoms with van der Waals surface area (Å²) >= 11 is 0. The summed E-state index contributed by atoms with van der Waals surface area (Å²) in [6.45, 7) is 6.63. The maximum absolute atomic E-state index is 11.4. The zero-order valence-electron chi connectivity index (χ0n) is 14.9. The predicted octanol–water partition coefficient (Wildman–Crippen LogP) is 3.36. The minimum Gasteiger partial charge on any atom is -0.480 e. The number of nitrogens with zero attached hydrogens (tertiary/aromatic N) is 1. The monoisotopic (exact) mass is 342 g/mol. The Hall–Kier alpha value is -2.60. The summed E-state index contributed by atoms with van der Waals surface area (Å²) in [4.78, 5) is 15.7. The van der Waals surface area contributed by atoms with Gasteiger partial charge in [0.1, 0.15) is 5.75 Å². The van der Waals surface area contributed by atoms with Gasteiger partial charge in [-0.1, -0.05) is 26.8 Å². The van der Waals surface area contributed by atoms with Gasteiger partial charge in [-0.05, 0) is 29.2 Å². The summed E-state index contributed by atoms with van der Waals surface area (Å²) < 4.78 is 16.2. The van der Waals surface area contributed by atoms with Crippen LogP contribution in [0.3, 0.4) is 0 Å². The Morgan fingerprint density at radius 3 is 2.80 bits per heavy atom. The standard InChI is InChI=1S/C19H22N2O4/c1-19(2,3)13-5-6-15(25-11-23-4)14(8-13)12-7-16-18(20-9-12)21-17(22)10-24-16/h5-9H,10-11H2,1-4H3,(H,20,21,22). The number of pyridine rings is 1. The first kappa shape index (κ1) is 17.2. The number of carbonyl (C=O) groups is 1. The molecule has 1 N–H and O–H groups in total. The highest BCUT2D eigenvalue weighted by atomic mass is 16.7. The first-order valence-electron chi connectivity index (χ1n) is 8.08. The molecule has 1 aliphatic rings. The fraction of sp³-hybridized carbons (Fsp3) is 0.368. The van der Waals surface area contributed by atoms with Crippen LogP contribution in [-0.4, -0.2) is 31.4 Å². The number of benzene rings is 1. The molecule has 6 heteroatoms. The van der Waals surface area contributed by atoms with E-state index in [-0.39, 0.29) is 24.7 Å². The van der Waals surface area contributed by atoms with Gasteiger partial charge >= 0.3 is 0 Å². The first-order valence-corrected chi connectivity index (χ1v) is 8.08. The number of nitrogens with one attached hydrogen (secondary N) is 1. The van der Waals surface area contributed by atoms with Gasteiger partial charge in [0.15, 0.2) is 25.0 Å². The normalized spacial score (nSPS) is 13.7. The van der Waals surface area contributed by atoms with Gasteiger partial charge in [-0.25, -0.2) is 4.98 Å². The van der Waals surface area contributed by atoms with Gasteiger partial charge in [-0.15, -0.1) is 0 Å². The van der Waals surface area contributed by atoms with Crippen LogP contribution in [-0.2, 0) is 14.9 Å². The van der Waals surface area contributed by atoms with Crippen molar-refractivity contribution in [2.45, 2.75) is 26.2 Å². The van der Waals surface area contributed by atoms with Crippen molar-refractivity contribution in [2.24, 2.45) is 0 Å². The Labute approximate surface area is 147 Å². The Bertz CT molecular complexity index is 796. The van der Waals surface area contributed by atoms with Gasteiger partial charge in [-0.3, -0.25) is 4.79 Å². The van der Waals surface area contributed by atoms with Crippen molar-refractivity contribution in [3.8, 4) is 22.6 Å². The SMILES string of the molecule is COCOc1ccc(C(C)(C)C)cc1-c1cnc2c(c1)OCC(=O)N2. The molecule has 1 aliphatic heterocycles. The van der Waals surface area contributed by atoms with Crippen molar-refractivity contribution < 1.29 is 19.0 Å². The number of hydrogen-bond acceptors (Lipinski definition) is 5. The van der Waals surface area contributed by atoms with Crippen molar-refractivity contribution in [3.05, 3.63) is 36.0 Å². The van der Waals surface area contributed by atoms with Crippen LogP contribution in [0.4, 0.5) is 5.82 Å². The maximum atomic E-state index is 11.4. The second-order valence-electron chi connectivity index (χ2n) is 6.92. The number of aromatic nitrogens is 1. The molecular formula is C19H22N2O4. The van der Waals surface area contributed by atoms with Gasteiger partial charge in [0.25, 0.3) is 5.91 Å². The van der Waals surface area contributed by atoms with Crippen LogP contribution in [0.2, 0.25) is 0 Å². The summed E-state index contributed by atoms with van der Waals surface area (Å²) in [5, 5.41) is 2.70. The lowest BCUT2D eigenvalue weighted by molar-refractivity contribution is -0.118. The van der Waals surface area contributed by atoms with Crippen molar-refractivity contribution in [2.75, 3.05) is 25.8 Å². The number of anilines is 1. The van der Waals surface area contributed by atoms with Gasteiger partial charge in [-0.2, -0.15) is 0 Å². The smallest absolute Gasteiger partial charge is 0.263 e. The van der Waals surface area contributed by atoms with E-state index in [1.165, 1.54) is 5.56 Å². The van der Waals surface area contributed by atoms with Crippen LogP contribution in [0.15, 0.2) is 30.5 Å². The fourth-order valence-corrected chi connectivity index (χ4v) is 2.58. The molecule has 1 aromatic carbocycles. The molecule has 3 rings (SSSR count). The average Bonchev–Trinajstić information content (AvgIpc) is 2.58. The number of carbonyl (C=O) groups excluding carboxylic acids is 1. The fourth-order valence-electron chi connectivity index (χ4n) is 2.58. The molecule has 25 heavy (non-hydrogen) atoms. The third kappa shape index (κ3) is 3.74. The third-order valence-corrected chi connectivity index (χ3v) is 3.96. The van der Waals surface area contributed by atoms with Crippen molar-refractivity contribution in [1.82, 2.24) is 4.98 Å². The van der Waals surface area contributed by atoms with Crippen molar-refractivity contribution in [3.63, 3.8) is 0 Å². The number of methoxy groups -OCH3 is 1. The van der Waals surface area contributed by atoms with E-state index in [0.29, 0.717) is 17.3 Å². The molecule has 132 valence electrons. The molecule has 0 bridgehead atoms. The Balaban J connectivity index is 2.06. The zero-order chi connectivity index (χ0) is 18.0. The van der Waals surface area contributed by atoms with Crippen LogP contribution in [0, 0.1) is 0 Å². The molecule has 2 heterocycles. The Kier molecular flexibility index (Phi) is 4.63. The van der Waals surface area contributed by atoms with E-state index in [1.807, 2.05) is 12.1 Å². The number of hydrogen-bond donors (Lipinski definition) is 1. The molecule has 0 atom stereocenters. The van der Waals surface area contributed by atoms with E-state index in [9.17, 15) is 4.79 Å². The largest absolute Gasteiger partial charge is 0.480 e. The highest BCUT2D eigenvalue weighted by Gasteiger charge is 2.21. The van der Waals surface area contributed by atoms with E-state index >= 15 is 0 Å². The summed E-state index contributed by atoms with van der Waals surface area (Å²) in [5.41, 5.74) is 2.94. The van der Waals surface area contributed by atoms with Crippen LogP contribution in [0.5, 0.6) is 11.5 Å². The molecule has 0 aliphatic carbocycles. The van der Waals surface area contributed by atoms with Gasteiger partial charge < -0.3 is 19.5 Å². The van der Waals surface area contributed by atoms with Crippen molar-refractivity contribution >= 4 is 11.7 Å². The average molecular weight is 342 g/mol. The lowest BCUT2D eigenvalue weighted by atomic mass is 9.85. The van der Waals surface area contributed by atoms with E-state index in [0.717, 1.165) is 11.1 Å². The van der Waals surface area contributed by atoms with Crippen LogP contribution < -0.4 is 14.8 Å². The molecule has 0 saturated heterocycles. The molecule has 0 radical (unpaired) electrons. The number of ether oxygens (including phenoxy) is 3. The zero-order valence-corrected chi connectivity index (χ0v) is 14.9. The highest BCUT2D eigenvalue weighted by molar-refractivity contribution is 5.94. The van der Waals surface area contributed by atoms with Gasteiger partial charge in [0.2, 0.25) is 0 Å². The minimum absolute atomic E-state index is 0.000642. The molecule has 1 amide bonds. The lowest BCUT2D eigenvalue weighted by Crippen LogP contribution is -2.26. The minimum atomic E-state index is -0.202. The van der Waals surface area contributed by atoms with Crippen LogP contribution in [0.1, 0.15) is 26.3 Å². The summed E-state index contributed by atoms with van der Waals surface area (Å²) in [5.74, 6) is 1.49. The summed E-state index contributed by atoms with van der Waals surface area (Å²) in [6.07, 6.45) is 1.70. The molecule has 0 saturated carbocycles. The second-order valence-corrected chi connectivity index (χ2v) is 6.92. The quantitative estimate of drug-likeness (QED) is 0.863. The lowest BCUT2D eigenvalue weighted by Gasteiger charge is -2.22. The van der Waals surface area contributed by atoms with E-state index < -0.39 is 0 Å². The Morgan fingerprint density at radius 1 is 1.28 bits per heavy atom. The molecule has 1 aromatic heterocycles. The maximum Gasteiger partial charge on any atom is 0.263 e. The van der Waals surface area contributed by atoms with E-state index in [2.05, 4.69) is 43.2 Å².